The Morgan fingerprint density at radius 2 is 1.09 bits per heavy atom. The van der Waals surface area contributed by atoms with Crippen LogP contribution in [-0.2, 0) is 0 Å². The van der Waals surface area contributed by atoms with Gasteiger partial charge in [0.2, 0.25) is 5.88 Å². The average molecular weight is 682 g/mol. The summed E-state index contributed by atoms with van der Waals surface area (Å²) in [7, 11) is 0. The van der Waals surface area contributed by atoms with E-state index in [2.05, 4.69) is 137 Å². The van der Waals surface area contributed by atoms with E-state index in [4.69, 9.17) is 9.72 Å². The second-order valence-electron chi connectivity index (χ2n) is 13.1. The van der Waals surface area contributed by atoms with Crippen LogP contribution in [0.1, 0.15) is 0 Å². The maximum atomic E-state index is 10.4. The third-order valence-electron chi connectivity index (χ3n) is 9.95. The number of hydrogen-bond donors (Lipinski definition) is 1. The molecular weight excluding hydrogens is 651 g/mol. The van der Waals surface area contributed by atoms with Gasteiger partial charge in [0.25, 0.3) is 6.33 Å². The van der Waals surface area contributed by atoms with E-state index in [0.717, 1.165) is 55.8 Å². The number of nitrogens with zero attached hydrogens (tertiary/aromatic N) is 3. The van der Waals surface area contributed by atoms with Gasteiger partial charge in [-0.25, -0.2) is 4.98 Å². The Hall–Kier alpha value is -7.24. The van der Waals surface area contributed by atoms with Crippen molar-refractivity contribution in [2.24, 2.45) is 0 Å². The summed E-state index contributed by atoms with van der Waals surface area (Å²) in [4.78, 5) is 4.72. The van der Waals surface area contributed by atoms with Crippen LogP contribution in [0.5, 0.6) is 17.4 Å². The zero-order valence-corrected chi connectivity index (χ0v) is 28.5. The summed E-state index contributed by atoms with van der Waals surface area (Å²) in [6.45, 7) is 0. The third kappa shape index (κ3) is 5.17. The summed E-state index contributed by atoms with van der Waals surface area (Å²) >= 11 is 0. The summed E-state index contributed by atoms with van der Waals surface area (Å²) in [6.07, 6.45) is 3.83. The molecule has 0 amide bonds. The van der Waals surface area contributed by atoms with Crippen LogP contribution in [0.4, 0.5) is 0 Å². The number of phenolic OH excluding ortho intramolecular Hbond substituents is 1. The van der Waals surface area contributed by atoms with Gasteiger partial charge in [0, 0.05) is 11.6 Å². The van der Waals surface area contributed by atoms with Crippen molar-refractivity contribution in [1.29, 1.82) is 0 Å². The molecule has 0 fully saturated rings. The number of para-hydroxylation sites is 3. The minimum absolute atomic E-state index is 0.171. The van der Waals surface area contributed by atoms with Gasteiger partial charge in [0.05, 0.1) is 28.1 Å². The molecule has 2 aromatic heterocycles. The second kappa shape index (κ2) is 12.5. The standard InChI is InChI=1S/C48H31N3O2/c52-45-28-9-8-22-42(45)43-26-13-29-46(49-43)53-34-17-10-16-33(30-34)50-31-51-47-35(32-14-2-1-3-15-32)23-11-24-40(47)38-20-6-4-18-36(38)37-19-5-7-21-39(37)41-25-12-27-44(50)48(41)51/h1-30,52H. The summed E-state index contributed by atoms with van der Waals surface area (Å²) in [5.41, 5.74) is 14.5. The topological polar surface area (TPSA) is 51.2 Å². The number of hydrogen-bond acceptors (Lipinski definition) is 3. The molecule has 5 nitrogen and oxygen atoms in total. The molecule has 0 spiro atoms. The fraction of sp³-hybridized carbons (Fsp3) is 0. The minimum atomic E-state index is 0.171. The van der Waals surface area contributed by atoms with Crippen molar-refractivity contribution in [3.05, 3.63) is 188 Å². The largest absolute Gasteiger partial charge is 0.507 e. The van der Waals surface area contributed by atoms with Crippen LogP contribution in [-0.4, -0.2) is 14.7 Å². The van der Waals surface area contributed by atoms with Gasteiger partial charge in [-0.05, 0) is 80.9 Å². The molecule has 0 bridgehead atoms. The van der Waals surface area contributed by atoms with Gasteiger partial charge in [-0.1, -0.05) is 140 Å². The summed E-state index contributed by atoms with van der Waals surface area (Å²) in [6, 6.07) is 61.9. The van der Waals surface area contributed by atoms with Crippen molar-refractivity contribution < 1.29 is 14.4 Å². The first-order valence-electron chi connectivity index (χ1n) is 17.6. The molecule has 0 saturated carbocycles. The number of fused-ring (bicyclic) bond motifs is 7. The maximum absolute atomic E-state index is 10.4. The van der Waals surface area contributed by atoms with Crippen LogP contribution >= 0.6 is 0 Å². The van der Waals surface area contributed by atoms with Gasteiger partial charge in [-0.15, -0.1) is 0 Å². The number of aromatic nitrogens is 3. The molecule has 0 atom stereocenters. The van der Waals surface area contributed by atoms with Crippen molar-refractivity contribution in [3.63, 3.8) is 0 Å². The Morgan fingerprint density at radius 3 is 1.87 bits per heavy atom. The van der Waals surface area contributed by atoms with Gasteiger partial charge < -0.3 is 9.84 Å². The first kappa shape index (κ1) is 30.6. The van der Waals surface area contributed by atoms with E-state index in [9.17, 15) is 5.11 Å². The molecule has 0 saturated heterocycles. The monoisotopic (exact) mass is 681 g/mol. The van der Waals surface area contributed by atoms with Crippen molar-refractivity contribution in [3.8, 4) is 84.5 Å². The minimum Gasteiger partial charge on any atom is -0.507 e. The van der Waals surface area contributed by atoms with Gasteiger partial charge in [0.1, 0.15) is 11.5 Å². The number of benzene rings is 7. The lowest BCUT2D eigenvalue weighted by Gasteiger charge is -2.18. The fourth-order valence-corrected chi connectivity index (χ4v) is 7.60. The molecule has 1 aliphatic rings. The highest BCUT2D eigenvalue weighted by Crippen LogP contribution is 2.45. The highest BCUT2D eigenvalue weighted by molar-refractivity contribution is 6.01. The second-order valence-corrected chi connectivity index (χ2v) is 13.1. The number of aromatic hydroxyl groups is 1. The van der Waals surface area contributed by atoms with Gasteiger partial charge >= 0.3 is 0 Å². The maximum Gasteiger partial charge on any atom is 0.269 e. The fourth-order valence-electron chi connectivity index (χ4n) is 7.60. The molecule has 53 heavy (non-hydrogen) atoms. The van der Waals surface area contributed by atoms with E-state index >= 15 is 0 Å². The Bertz CT molecular complexity index is 2840. The smallest absolute Gasteiger partial charge is 0.269 e. The summed E-state index contributed by atoms with van der Waals surface area (Å²) < 4.78 is 10.8. The molecule has 1 aliphatic heterocycles. The Morgan fingerprint density at radius 1 is 0.509 bits per heavy atom. The van der Waals surface area contributed by atoms with Crippen LogP contribution in [0.3, 0.4) is 0 Å². The Balaban J connectivity index is 1.20. The molecule has 0 radical (unpaired) electrons. The molecule has 0 aliphatic carbocycles. The van der Waals surface area contributed by atoms with E-state index in [0.29, 0.717) is 22.9 Å². The number of rotatable bonds is 5. The molecule has 0 unspecified atom stereocenters. The number of ether oxygens (including phenoxy) is 1. The van der Waals surface area contributed by atoms with Crippen LogP contribution in [0, 0.1) is 6.33 Å². The summed E-state index contributed by atoms with van der Waals surface area (Å²) in [5.74, 6) is 1.23. The SMILES string of the molecule is Oc1ccccc1-c1cccc(Oc2cccc(-n3[c-][n+]4c5c(cccc53)-c3ccccc3-c3ccccc3-c3cccc(-c5ccccc5)c3-4)c2)n1. The predicted octanol–water partition coefficient (Wildman–Crippen LogP) is 11.2. The molecular formula is C48H31N3O2. The van der Waals surface area contributed by atoms with E-state index in [1.165, 1.54) is 11.1 Å². The van der Waals surface area contributed by atoms with Crippen LogP contribution < -0.4 is 9.30 Å². The third-order valence-corrected chi connectivity index (χ3v) is 9.95. The average Bonchev–Trinajstić information content (AvgIpc) is 3.62. The zero-order valence-electron chi connectivity index (χ0n) is 28.5. The molecule has 5 heteroatoms. The first-order valence-corrected chi connectivity index (χ1v) is 17.6. The summed E-state index contributed by atoms with van der Waals surface area (Å²) in [5, 5.41) is 10.4. The normalized spacial score (nSPS) is 11.5. The molecule has 1 N–H and O–H groups in total. The molecule has 7 aromatic carbocycles. The molecule has 3 heterocycles. The number of phenols is 1. The lowest BCUT2D eigenvalue weighted by Crippen LogP contribution is -2.32. The van der Waals surface area contributed by atoms with Gasteiger partial charge in [-0.3, -0.25) is 9.13 Å². The van der Waals surface area contributed by atoms with Crippen LogP contribution in [0.25, 0.3) is 78.2 Å². The molecule has 9 aromatic rings. The highest BCUT2D eigenvalue weighted by atomic mass is 16.5. The van der Waals surface area contributed by atoms with E-state index in [1.54, 1.807) is 12.1 Å². The van der Waals surface area contributed by atoms with Gasteiger partial charge in [-0.2, -0.15) is 0 Å². The number of pyridine rings is 1. The Labute approximate surface area is 306 Å². The molecule has 250 valence electrons. The van der Waals surface area contributed by atoms with Crippen molar-refractivity contribution in [2.75, 3.05) is 0 Å². The Kier molecular flexibility index (Phi) is 7.22. The van der Waals surface area contributed by atoms with Gasteiger partial charge in [0.15, 0.2) is 0 Å². The quantitative estimate of drug-likeness (QED) is 0.145. The highest BCUT2D eigenvalue weighted by Gasteiger charge is 2.26. The van der Waals surface area contributed by atoms with E-state index < -0.39 is 0 Å². The predicted molar refractivity (Wildman–Crippen MR) is 210 cm³/mol. The van der Waals surface area contributed by atoms with Crippen molar-refractivity contribution in [1.82, 2.24) is 9.55 Å². The lowest BCUT2D eigenvalue weighted by atomic mass is 9.88. The lowest BCUT2D eigenvalue weighted by molar-refractivity contribution is -0.570. The van der Waals surface area contributed by atoms with Crippen LogP contribution in [0.15, 0.2) is 182 Å². The van der Waals surface area contributed by atoms with Crippen LogP contribution in [0.2, 0.25) is 0 Å². The molecule has 10 rings (SSSR count). The van der Waals surface area contributed by atoms with Crippen molar-refractivity contribution >= 4 is 11.0 Å². The van der Waals surface area contributed by atoms with E-state index in [1.807, 2.05) is 48.5 Å². The first-order chi connectivity index (χ1) is 26.2. The number of imidazole rings is 1. The zero-order chi connectivity index (χ0) is 35.3. The van der Waals surface area contributed by atoms with Crippen molar-refractivity contribution in [2.45, 2.75) is 0 Å². The van der Waals surface area contributed by atoms with E-state index in [-0.39, 0.29) is 5.75 Å².